The van der Waals surface area contributed by atoms with Gasteiger partial charge in [-0.25, -0.2) is 14.1 Å². The second-order valence-corrected chi connectivity index (χ2v) is 11.8. The molecule has 2 atom stereocenters. The van der Waals surface area contributed by atoms with Crippen LogP contribution in [0.2, 0.25) is 0 Å². The highest BCUT2D eigenvalue weighted by atomic mass is 19.4. The lowest BCUT2D eigenvalue weighted by atomic mass is 9.76. The van der Waals surface area contributed by atoms with E-state index in [1.165, 1.54) is 47.1 Å². The normalized spacial score (nSPS) is 18.7. The van der Waals surface area contributed by atoms with Crippen LogP contribution in [0.15, 0.2) is 60.8 Å². The van der Waals surface area contributed by atoms with Crippen molar-refractivity contribution in [1.29, 1.82) is 0 Å². The summed E-state index contributed by atoms with van der Waals surface area (Å²) in [6.07, 6.45) is -3.69. The highest BCUT2D eigenvalue weighted by Crippen LogP contribution is 2.42. The number of aryl methyl sites for hydroxylation is 2. The third-order valence-electron chi connectivity index (χ3n) is 8.58. The second kappa shape index (κ2) is 11.8. The lowest BCUT2D eigenvalue weighted by Crippen LogP contribution is -2.41. The van der Waals surface area contributed by atoms with Crippen LogP contribution in [0.5, 0.6) is 5.88 Å². The Bertz CT molecular complexity index is 1720. The lowest BCUT2D eigenvalue weighted by Gasteiger charge is -2.39. The minimum Gasteiger partial charge on any atom is -0.480 e. The van der Waals surface area contributed by atoms with E-state index in [9.17, 15) is 27.5 Å². The van der Waals surface area contributed by atoms with E-state index < -0.39 is 30.1 Å². The van der Waals surface area contributed by atoms with Gasteiger partial charge in [-0.15, -0.1) is 0 Å². The number of nitrogens with zero attached hydrogens (tertiary/aromatic N) is 5. The SMILES string of the molecule is Cc1ccn(-c2cc(-c3cccc(F)c3)ccc2C(Oc2cc(N3CCC4(CC3)CN[C@H](C(=O)O)C4)nc(C)n2)C(F)(F)F)n1. The number of carboxylic acid groups (broad SMARTS) is 1. The first-order valence-corrected chi connectivity index (χ1v) is 14.6. The molecule has 1 unspecified atom stereocenters. The first-order valence-electron chi connectivity index (χ1n) is 14.6. The maximum atomic E-state index is 14.8. The molecule has 2 aromatic carbocycles. The monoisotopic (exact) mass is 624 g/mol. The number of aliphatic carboxylic acids is 1. The number of rotatable bonds is 7. The van der Waals surface area contributed by atoms with Crippen molar-refractivity contribution in [3.05, 3.63) is 83.7 Å². The standard InChI is InChI=1S/C32H32F4N6O3/c1-19-8-11-42(40-19)26-15-22(21-4-3-5-23(33)14-21)6-7-24(26)29(32(34,35)36)45-28-16-27(38-20(2)39-28)41-12-9-31(10-13-41)17-25(30(43)44)37-18-31/h3-8,11,14-16,25,29,37H,9-10,12-13,17-18H2,1-2H3,(H,43,44)/t25-,29?/m0/s1. The molecule has 0 saturated carbocycles. The maximum absolute atomic E-state index is 14.8. The molecule has 236 valence electrons. The largest absolute Gasteiger partial charge is 0.480 e. The molecule has 2 N–H and O–H groups in total. The van der Waals surface area contributed by atoms with Gasteiger partial charge in [-0.05, 0) is 73.9 Å². The number of benzene rings is 2. The summed E-state index contributed by atoms with van der Waals surface area (Å²) in [6, 6.07) is 12.7. The molecular formula is C32H32F4N6O3. The Morgan fingerprint density at radius 3 is 2.47 bits per heavy atom. The summed E-state index contributed by atoms with van der Waals surface area (Å²) in [7, 11) is 0. The fourth-order valence-electron chi connectivity index (χ4n) is 6.22. The Hall–Kier alpha value is -4.52. The first kappa shape index (κ1) is 30.5. The average molecular weight is 625 g/mol. The van der Waals surface area contributed by atoms with Gasteiger partial charge in [0.2, 0.25) is 12.0 Å². The summed E-state index contributed by atoms with van der Waals surface area (Å²) in [5.41, 5.74) is 1.42. The van der Waals surface area contributed by atoms with Gasteiger partial charge in [0, 0.05) is 37.5 Å². The van der Waals surface area contributed by atoms with Crippen LogP contribution in [-0.4, -0.2) is 62.7 Å². The molecule has 45 heavy (non-hydrogen) atoms. The Morgan fingerprint density at radius 1 is 1.07 bits per heavy atom. The Balaban J connectivity index is 1.30. The van der Waals surface area contributed by atoms with Crippen molar-refractivity contribution in [2.75, 3.05) is 24.5 Å². The van der Waals surface area contributed by atoms with E-state index in [4.69, 9.17) is 4.74 Å². The summed E-state index contributed by atoms with van der Waals surface area (Å²) in [5, 5.41) is 16.8. The number of piperidine rings is 1. The van der Waals surface area contributed by atoms with Gasteiger partial charge in [0.1, 0.15) is 23.5 Å². The molecular weight excluding hydrogens is 592 g/mol. The zero-order valence-electron chi connectivity index (χ0n) is 24.7. The van der Waals surface area contributed by atoms with E-state index in [0.717, 1.165) is 12.8 Å². The molecule has 2 aliphatic rings. The molecule has 4 heterocycles. The van der Waals surface area contributed by atoms with Crippen molar-refractivity contribution in [1.82, 2.24) is 25.1 Å². The molecule has 13 heteroatoms. The molecule has 6 rings (SSSR count). The number of aromatic nitrogens is 4. The van der Waals surface area contributed by atoms with Crippen LogP contribution < -0.4 is 15.0 Å². The molecule has 9 nitrogen and oxygen atoms in total. The topological polar surface area (TPSA) is 105 Å². The van der Waals surface area contributed by atoms with Crippen LogP contribution in [0.3, 0.4) is 0 Å². The van der Waals surface area contributed by atoms with E-state index in [0.29, 0.717) is 48.7 Å². The molecule has 4 aromatic rings. The van der Waals surface area contributed by atoms with Crippen LogP contribution in [-0.2, 0) is 4.79 Å². The number of halogens is 4. The minimum atomic E-state index is -4.83. The number of ether oxygens (including phenoxy) is 1. The number of carbonyl (C=O) groups is 1. The third-order valence-corrected chi connectivity index (χ3v) is 8.58. The van der Waals surface area contributed by atoms with Crippen LogP contribution >= 0.6 is 0 Å². The van der Waals surface area contributed by atoms with Crippen molar-refractivity contribution >= 4 is 11.8 Å². The predicted octanol–water partition coefficient (Wildman–Crippen LogP) is 5.80. The Morgan fingerprint density at radius 2 is 1.82 bits per heavy atom. The zero-order valence-corrected chi connectivity index (χ0v) is 24.7. The number of hydrogen-bond donors (Lipinski definition) is 2. The summed E-state index contributed by atoms with van der Waals surface area (Å²) in [5.74, 6) is -0.866. The molecule has 0 amide bonds. The van der Waals surface area contributed by atoms with E-state index in [-0.39, 0.29) is 28.4 Å². The average Bonchev–Trinajstić information content (AvgIpc) is 3.62. The van der Waals surface area contributed by atoms with E-state index in [2.05, 4.69) is 20.4 Å². The molecule has 2 saturated heterocycles. The molecule has 2 fully saturated rings. The van der Waals surface area contributed by atoms with Gasteiger partial charge in [-0.3, -0.25) is 4.79 Å². The number of alkyl halides is 3. The van der Waals surface area contributed by atoms with Gasteiger partial charge in [-0.2, -0.15) is 23.3 Å². The fourth-order valence-corrected chi connectivity index (χ4v) is 6.22. The van der Waals surface area contributed by atoms with Gasteiger partial charge >= 0.3 is 12.1 Å². The quantitative estimate of drug-likeness (QED) is 0.249. The third kappa shape index (κ3) is 6.48. The van der Waals surface area contributed by atoms with Crippen molar-refractivity contribution in [3.63, 3.8) is 0 Å². The maximum Gasteiger partial charge on any atom is 0.429 e. The zero-order chi connectivity index (χ0) is 31.9. The predicted molar refractivity (Wildman–Crippen MR) is 158 cm³/mol. The van der Waals surface area contributed by atoms with Gasteiger partial charge in [0.25, 0.3) is 0 Å². The Kier molecular flexibility index (Phi) is 7.98. The molecule has 2 aromatic heterocycles. The van der Waals surface area contributed by atoms with Crippen molar-refractivity contribution < 1.29 is 32.2 Å². The second-order valence-electron chi connectivity index (χ2n) is 11.8. The highest BCUT2D eigenvalue weighted by molar-refractivity contribution is 5.74. The summed E-state index contributed by atoms with van der Waals surface area (Å²) >= 11 is 0. The molecule has 0 aliphatic carbocycles. The van der Waals surface area contributed by atoms with Gasteiger partial charge in [-0.1, -0.05) is 24.3 Å². The molecule has 2 aliphatic heterocycles. The first-order chi connectivity index (χ1) is 21.4. The number of anilines is 1. The fraction of sp³-hybridized carbons (Fsp3) is 0.375. The number of carboxylic acids is 1. The number of nitrogens with one attached hydrogen (secondary N) is 1. The smallest absolute Gasteiger partial charge is 0.429 e. The Labute approximate surface area is 256 Å². The van der Waals surface area contributed by atoms with Crippen molar-refractivity contribution in [2.45, 2.75) is 51.4 Å². The summed E-state index contributed by atoms with van der Waals surface area (Å²) < 4.78 is 65.3. The van der Waals surface area contributed by atoms with Gasteiger partial charge < -0.3 is 20.1 Å². The lowest BCUT2D eigenvalue weighted by molar-refractivity contribution is -0.198. The van der Waals surface area contributed by atoms with Gasteiger partial charge in [0.05, 0.1) is 11.4 Å². The van der Waals surface area contributed by atoms with E-state index >= 15 is 0 Å². The number of hydrogen-bond acceptors (Lipinski definition) is 7. The van der Waals surface area contributed by atoms with E-state index in [1.54, 1.807) is 32.2 Å². The van der Waals surface area contributed by atoms with Crippen molar-refractivity contribution in [2.24, 2.45) is 5.41 Å². The van der Waals surface area contributed by atoms with E-state index in [1.807, 2.05) is 4.90 Å². The minimum absolute atomic E-state index is 0.129. The highest BCUT2D eigenvalue weighted by Gasteiger charge is 2.46. The molecule has 1 spiro atoms. The molecule has 0 radical (unpaired) electrons. The molecule has 0 bridgehead atoms. The van der Waals surface area contributed by atoms with Crippen LogP contribution in [0, 0.1) is 25.1 Å². The van der Waals surface area contributed by atoms with Gasteiger partial charge in [0.15, 0.2) is 0 Å². The summed E-state index contributed by atoms with van der Waals surface area (Å²) in [4.78, 5) is 22.1. The van der Waals surface area contributed by atoms with Crippen LogP contribution in [0.4, 0.5) is 23.4 Å². The van der Waals surface area contributed by atoms with Crippen LogP contribution in [0.25, 0.3) is 16.8 Å². The summed E-state index contributed by atoms with van der Waals surface area (Å²) in [6.45, 7) is 5.06. The van der Waals surface area contributed by atoms with Crippen LogP contribution in [0.1, 0.15) is 42.4 Å². The van der Waals surface area contributed by atoms with Crippen molar-refractivity contribution in [3.8, 4) is 22.7 Å².